The second kappa shape index (κ2) is 5.89. The minimum atomic E-state index is -0.687. The van der Waals surface area contributed by atoms with Gasteiger partial charge >= 0.3 is 0 Å². The molecule has 5 N–H and O–H groups in total. The van der Waals surface area contributed by atoms with Gasteiger partial charge in [0.05, 0.1) is 12.1 Å². The molecular weight excluding hydrogens is 218 g/mol. The van der Waals surface area contributed by atoms with Crippen LogP contribution in [0.5, 0.6) is 11.5 Å². The topological polar surface area (TPSA) is 86.7 Å². The van der Waals surface area contributed by atoms with Gasteiger partial charge < -0.3 is 21.1 Å². The van der Waals surface area contributed by atoms with E-state index >= 15 is 0 Å². The van der Waals surface area contributed by atoms with Crippen LogP contribution in [-0.4, -0.2) is 21.4 Å². The molecule has 0 aliphatic carbocycles. The molecule has 0 unspecified atom stereocenters. The van der Waals surface area contributed by atoms with E-state index < -0.39 is 12.1 Å². The SMILES string of the molecule is CC(C)CC[C@H](O)[C@H](N)c1ccc(O)cc1O. The Labute approximate surface area is 102 Å². The quantitative estimate of drug-likeness (QED) is 0.632. The molecule has 0 heterocycles. The normalized spacial score (nSPS) is 14.9. The van der Waals surface area contributed by atoms with Crippen LogP contribution in [0.4, 0.5) is 0 Å². The minimum absolute atomic E-state index is 0.0184. The molecule has 2 atom stereocenters. The molecule has 0 aromatic heterocycles. The smallest absolute Gasteiger partial charge is 0.124 e. The third-order valence-corrected chi connectivity index (χ3v) is 2.83. The lowest BCUT2D eigenvalue weighted by atomic mass is 9.95. The number of hydrogen-bond acceptors (Lipinski definition) is 4. The first-order valence-corrected chi connectivity index (χ1v) is 5.87. The van der Waals surface area contributed by atoms with Gasteiger partial charge in [0.15, 0.2) is 0 Å². The molecule has 0 spiro atoms. The van der Waals surface area contributed by atoms with Gasteiger partial charge in [-0.05, 0) is 30.9 Å². The highest BCUT2D eigenvalue weighted by atomic mass is 16.3. The molecule has 0 saturated carbocycles. The van der Waals surface area contributed by atoms with Gasteiger partial charge in [-0.2, -0.15) is 0 Å². The predicted octanol–water partition coefficient (Wildman–Crippen LogP) is 1.89. The summed E-state index contributed by atoms with van der Waals surface area (Å²) in [5.74, 6) is 0.404. The molecule has 0 aliphatic rings. The number of nitrogens with two attached hydrogens (primary N) is 1. The van der Waals surface area contributed by atoms with Crippen LogP contribution in [0.15, 0.2) is 18.2 Å². The van der Waals surface area contributed by atoms with Crippen molar-refractivity contribution in [3.8, 4) is 11.5 Å². The molecule has 0 fully saturated rings. The summed E-state index contributed by atoms with van der Waals surface area (Å²) in [7, 11) is 0. The Morgan fingerprint density at radius 3 is 2.35 bits per heavy atom. The molecule has 17 heavy (non-hydrogen) atoms. The molecule has 96 valence electrons. The first kappa shape index (κ1) is 13.8. The zero-order chi connectivity index (χ0) is 13.0. The van der Waals surface area contributed by atoms with E-state index in [0.29, 0.717) is 17.9 Å². The average molecular weight is 239 g/mol. The molecule has 4 nitrogen and oxygen atoms in total. The third-order valence-electron chi connectivity index (χ3n) is 2.83. The highest BCUT2D eigenvalue weighted by Gasteiger charge is 2.20. The fourth-order valence-corrected chi connectivity index (χ4v) is 1.70. The van der Waals surface area contributed by atoms with Gasteiger partial charge in [-0.3, -0.25) is 0 Å². The van der Waals surface area contributed by atoms with Crippen LogP contribution in [0.25, 0.3) is 0 Å². The van der Waals surface area contributed by atoms with E-state index in [9.17, 15) is 15.3 Å². The van der Waals surface area contributed by atoms with Crippen molar-refractivity contribution in [1.29, 1.82) is 0 Å². The monoisotopic (exact) mass is 239 g/mol. The average Bonchev–Trinajstić information content (AvgIpc) is 2.25. The molecule has 1 aromatic carbocycles. The number of aliphatic hydroxyl groups is 1. The molecule has 1 rings (SSSR count). The summed E-state index contributed by atoms with van der Waals surface area (Å²) in [6.45, 7) is 4.16. The van der Waals surface area contributed by atoms with Crippen LogP contribution in [-0.2, 0) is 0 Å². The molecule has 0 radical (unpaired) electrons. The highest BCUT2D eigenvalue weighted by molar-refractivity contribution is 5.41. The van der Waals surface area contributed by atoms with Gasteiger partial charge in [-0.1, -0.05) is 13.8 Å². The van der Waals surface area contributed by atoms with Crippen molar-refractivity contribution in [3.05, 3.63) is 23.8 Å². The lowest BCUT2D eigenvalue weighted by molar-refractivity contribution is 0.127. The van der Waals surface area contributed by atoms with Crippen LogP contribution in [0, 0.1) is 5.92 Å². The summed E-state index contributed by atoms with van der Waals surface area (Å²) >= 11 is 0. The maximum atomic E-state index is 9.92. The Morgan fingerprint density at radius 1 is 1.18 bits per heavy atom. The predicted molar refractivity (Wildman–Crippen MR) is 66.8 cm³/mol. The van der Waals surface area contributed by atoms with Gasteiger partial charge in [-0.15, -0.1) is 0 Å². The van der Waals surface area contributed by atoms with E-state index in [2.05, 4.69) is 13.8 Å². The number of benzene rings is 1. The highest BCUT2D eigenvalue weighted by Crippen LogP contribution is 2.29. The number of phenols is 2. The van der Waals surface area contributed by atoms with Gasteiger partial charge in [0.25, 0.3) is 0 Å². The van der Waals surface area contributed by atoms with Crippen molar-refractivity contribution in [1.82, 2.24) is 0 Å². The van der Waals surface area contributed by atoms with Crippen LogP contribution < -0.4 is 5.73 Å². The van der Waals surface area contributed by atoms with Crippen molar-refractivity contribution in [3.63, 3.8) is 0 Å². The standard InChI is InChI=1S/C13H21NO3/c1-8(2)3-6-11(16)13(14)10-5-4-9(15)7-12(10)17/h4-5,7-8,11,13,15-17H,3,6,14H2,1-2H3/t11-,13+/m0/s1. The lowest BCUT2D eigenvalue weighted by Gasteiger charge is -2.20. The van der Waals surface area contributed by atoms with Gasteiger partial charge in [0.2, 0.25) is 0 Å². The molecule has 1 aromatic rings. The lowest BCUT2D eigenvalue weighted by Crippen LogP contribution is -2.26. The second-order valence-corrected chi connectivity index (χ2v) is 4.81. The molecule has 0 aliphatic heterocycles. The van der Waals surface area contributed by atoms with Gasteiger partial charge in [-0.25, -0.2) is 0 Å². The maximum absolute atomic E-state index is 9.92. The second-order valence-electron chi connectivity index (χ2n) is 4.81. The summed E-state index contributed by atoms with van der Waals surface area (Å²) in [5, 5.41) is 28.7. The molecular formula is C13H21NO3. The molecule has 0 bridgehead atoms. The van der Waals surface area contributed by atoms with Crippen LogP contribution in [0.3, 0.4) is 0 Å². The Hall–Kier alpha value is -1.26. The summed E-state index contributed by atoms with van der Waals surface area (Å²) < 4.78 is 0. The Morgan fingerprint density at radius 2 is 1.82 bits per heavy atom. The van der Waals surface area contributed by atoms with E-state index in [0.717, 1.165) is 6.42 Å². The van der Waals surface area contributed by atoms with E-state index in [-0.39, 0.29) is 11.5 Å². The fourth-order valence-electron chi connectivity index (χ4n) is 1.70. The van der Waals surface area contributed by atoms with Crippen molar-refractivity contribution >= 4 is 0 Å². The Balaban J connectivity index is 2.71. The summed E-state index contributed by atoms with van der Waals surface area (Å²) in [5.41, 5.74) is 6.34. The number of aromatic hydroxyl groups is 2. The van der Waals surface area contributed by atoms with E-state index in [1.54, 1.807) is 0 Å². The molecule has 0 saturated heterocycles. The molecule has 4 heteroatoms. The largest absolute Gasteiger partial charge is 0.508 e. The first-order chi connectivity index (χ1) is 7.91. The van der Waals surface area contributed by atoms with Crippen molar-refractivity contribution in [2.45, 2.75) is 38.8 Å². The van der Waals surface area contributed by atoms with E-state index in [4.69, 9.17) is 5.73 Å². The first-order valence-electron chi connectivity index (χ1n) is 5.87. The maximum Gasteiger partial charge on any atom is 0.124 e. The third kappa shape index (κ3) is 3.91. The van der Waals surface area contributed by atoms with Crippen LogP contribution in [0.1, 0.15) is 38.3 Å². The van der Waals surface area contributed by atoms with Gasteiger partial charge in [0.1, 0.15) is 11.5 Å². The fraction of sp³-hybridized carbons (Fsp3) is 0.538. The summed E-state index contributed by atoms with van der Waals surface area (Å²) in [6, 6.07) is 3.58. The Kier molecular flexibility index (Phi) is 4.78. The zero-order valence-electron chi connectivity index (χ0n) is 10.3. The van der Waals surface area contributed by atoms with Crippen LogP contribution >= 0.6 is 0 Å². The summed E-state index contributed by atoms with van der Waals surface area (Å²) in [6.07, 6.45) is 0.792. The number of rotatable bonds is 5. The van der Waals surface area contributed by atoms with Crippen LogP contribution in [0.2, 0.25) is 0 Å². The number of phenolic OH excluding ortho intramolecular Hbond substituents is 2. The van der Waals surface area contributed by atoms with Crippen molar-refractivity contribution in [2.24, 2.45) is 11.7 Å². The number of hydrogen-bond donors (Lipinski definition) is 4. The Bertz CT molecular complexity index is 366. The van der Waals surface area contributed by atoms with E-state index in [1.165, 1.54) is 18.2 Å². The molecule has 0 amide bonds. The zero-order valence-corrected chi connectivity index (χ0v) is 10.3. The number of aliphatic hydroxyl groups excluding tert-OH is 1. The minimum Gasteiger partial charge on any atom is -0.508 e. The van der Waals surface area contributed by atoms with Crippen molar-refractivity contribution in [2.75, 3.05) is 0 Å². The van der Waals surface area contributed by atoms with Gasteiger partial charge in [0, 0.05) is 11.6 Å². The summed E-state index contributed by atoms with van der Waals surface area (Å²) in [4.78, 5) is 0. The van der Waals surface area contributed by atoms with Crippen molar-refractivity contribution < 1.29 is 15.3 Å². The van der Waals surface area contributed by atoms with E-state index in [1.807, 2.05) is 0 Å².